The Morgan fingerprint density at radius 1 is 1.33 bits per heavy atom. The van der Waals surface area contributed by atoms with E-state index in [1.807, 2.05) is 12.1 Å². The fraction of sp³-hybridized carbons (Fsp3) is 0.350. The average molecular weight is 340 g/mol. The lowest BCUT2D eigenvalue weighted by atomic mass is 10.1. The van der Waals surface area contributed by atoms with Crippen molar-refractivity contribution in [3.8, 4) is 5.75 Å². The molecule has 2 aromatic rings. The van der Waals surface area contributed by atoms with E-state index in [2.05, 4.69) is 42.7 Å². The molecule has 0 atom stereocenters. The second kappa shape index (κ2) is 7.67. The molecule has 1 aromatic carbocycles. The van der Waals surface area contributed by atoms with Crippen LogP contribution in [-0.2, 0) is 6.42 Å². The van der Waals surface area contributed by atoms with E-state index in [-0.39, 0.29) is 0 Å². The van der Waals surface area contributed by atoms with Crippen LogP contribution in [0.4, 0.5) is 5.00 Å². The lowest BCUT2D eigenvalue weighted by Crippen LogP contribution is -2.22. The Kier molecular flexibility index (Phi) is 5.36. The summed E-state index contributed by atoms with van der Waals surface area (Å²) in [6.07, 6.45) is 9.74. The molecule has 0 saturated heterocycles. The number of aromatic nitrogens is 1. The van der Waals surface area contributed by atoms with Crippen molar-refractivity contribution in [3.05, 3.63) is 52.7 Å². The highest BCUT2D eigenvalue weighted by Gasteiger charge is 2.18. The molecule has 0 fully saturated rings. The van der Waals surface area contributed by atoms with Crippen molar-refractivity contribution >= 4 is 28.5 Å². The van der Waals surface area contributed by atoms with E-state index in [0.717, 1.165) is 35.8 Å². The summed E-state index contributed by atoms with van der Waals surface area (Å²) in [5, 5.41) is 2.39. The molecule has 1 aliphatic heterocycles. The minimum Gasteiger partial charge on any atom is -0.496 e. The first-order chi connectivity index (χ1) is 11.7. The quantitative estimate of drug-likeness (QED) is 0.719. The van der Waals surface area contributed by atoms with E-state index in [0.29, 0.717) is 0 Å². The molecule has 0 amide bonds. The zero-order valence-corrected chi connectivity index (χ0v) is 15.2. The Bertz CT molecular complexity index is 748. The molecule has 0 spiro atoms. The van der Waals surface area contributed by atoms with Crippen molar-refractivity contribution in [2.75, 3.05) is 25.1 Å². The van der Waals surface area contributed by atoms with Crippen molar-refractivity contribution < 1.29 is 4.74 Å². The zero-order valence-electron chi connectivity index (χ0n) is 14.4. The van der Waals surface area contributed by atoms with Gasteiger partial charge in [0, 0.05) is 13.1 Å². The third-order valence-corrected chi connectivity index (χ3v) is 5.38. The molecule has 0 saturated carbocycles. The fourth-order valence-corrected chi connectivity index (χ4v) is 4.09. The van der Waals surface area contributed by atoms with Gasteiger partial charge in [-0.1, -0.05) is 29.6 Å². The van der Waals surface area contributed by atoms with Crippen molar-refractivity contribution in [1.29, 1.82) is 0 Å². The summed E-state index contributed by atoms with van der Waals surface area (Å²) >= 11 is 1.78. The number of ether oxygens (including phenoxy) is 1. The van der Waals surface area contributed by atoms with Crippen molar-refractivity contribution in [2.24, 2.45) is 0 Å². The predicted octanol–water partition coefficient (Wildman–Crippen LogP) is 4.96. The largest absolute Gasteiger partial charge is 0.496 e. The topological polar surface area (TPSA) is 25.4 Å². The Balaban J connectivity index is 1.82. The van der Waals surface area contributed by atoms with E-state index >= 15 is 0 Å². The smallest absolute Gasteiger partial charge is 0.121 e. The van der Waals surface area contributed by atoms with E-state index in [1.165, 1.54) is 29.1 Å². The van der Waals surface area contributed by atoms with Gasteiger partial charge in [0.25, 0.3) is 0 Å². The van der Waals surface area contributed by atoms with Crippen LogP contribution in [0.25, 0.3) is 12.2 Å². The Morgan fingerprint density at radius 3 is 2.96 bits per heavy atom. The van der Waals surface area contributed by atoms with Gasteiger partial charge in [-0.3, -0.25) is 0 Å². The molecule has 0 radical (unpaired) electrons. The summed E-state index contributed by atoms with van der Waals surface area (Å²) in [5.41, 5.74) is 3.55. The zero-order chi connectivity index (χ0) is 16.9. The van der Waals surface area contributed by atoms with Crippen LogP contribution in [0.1, 0.15) is 34.7 Å². The van der Waals surface area contributed by atoms with Gasteiger partial charge in [-0.05, 0) is 55.5 Å². The number of anilines is 1. The Morgan fingerprint density at radius 2 is 2.21 bits per heavy atom. The SMILES string of the molecule is C=CCN1CCCCc2nc(C=Cc3ccc(OC)c(C)c3)sc21. The van der Waals surface area contributed by atoms with Gasteiger partial charge in [0.1, 0.15) is 15.8 Å². The molecule has 0 aliphatic carbocycles. The first kappa shape index (κ1) is 16.8. The number of thiazole rings is 1. The highest BCUT2D eigenvalue weighted by atomic mass is 32.1. The van der Waals surface area contributed by atoms with E-state index in [4.69, 9.17) is 9.72 Å². The molecule has 3 rings (SSSR count). The second-order valence-corrected chi connectivity index (χ2v) is 7.07. The summed E-state index contributed by atoms with van der Waals surface area (Å²) in [6.45, 7) is 7.94. The van der Waals surface area contributed by atoms with Crippen LogP contribution in [0.5, 0.6) is 5.75 Å². The monoisotopic (exact) mass is 340 g/mol. The van der Waals surface area contributed by atoms with Crippen molar-refractivity contribution in [3.63, 3.8) is 0 Å². The van der Waals surface area contributed by atoms with E-state index < -0.39 is 0 Å². The molecular formula is C20H24N2OS. The molecule has 1 aromatic heterocycles. The molecule has 0 unspecified atom stereocenters. The molecule has 3 nitrogen and oxygen atoms in total. The number of rotatable bonds is 5. The Labute approximate surface area is 148 Å². The summed E-state index contributed by atoms with van der Waals surface area (Å²) in [7, 11) is 1.70. The summed E-state index contributed by atoms with van der Waals surface area (Å²) in [5.74, 6) is 0.924. The van der Waals surface area contributed by atoms with Gasteiger partial charge in [-0.25, -0.2) is 4.98 Å². The maximum atomic E-state index is 5.32. The maximum absolute atomic E-state index is 5.32. The van der Waals surface area contributed by atoms with Crippen LogP contribution in [0.15, 0.2) is 30.9 Å². The van der Waals surface area contributed by atoms with Gasteiger partial charge in [0.05, 0.1) is 12.8 Å². The second-order valence-electron chi connectivity index (χ2n) is 6.06. The fourth-order valence-electron chi connectivity index (χ4n) is 3.04. The number of methoxy groups -OCH3 is 1. The Hall–Kier alpha value is -2.07. The van der Waals surface area contributed by atoms with Crippen molar-refractivity contribution in [2.45, 2.75) is 26.2 Å². The van der Waals surface area contributed by atoms with Gasteiger partial charge >= 0.3 is 0 Å². The molecule has 24 heavy (non-hydrogen) atoms. The third kappa shape index (κ3) is 3.70. The van der Waals surface area contributed by atoms with Gasteiger partial charge in [0.2, 0.25) is 0 Å². The molecular weight excluding hydrogens is 316 g/mol. The number of benzene rings is 1. The third-order valence-electron chi connectivity index (χ3n) is 4.26. The van der Waals surface area contributed by atoms with Crippen molar-refractivity contribution in [1.82, 2.24) is 4.98 Å². The van der Waals surface area contributed by atoms with E-state index in [9.17, 15) is 0 Å². The standard InChI is InChI=1S/C20H24N2OS/c1-4-12-22-13-6-5-7-17-20(22)24-19(21-17)11-9-16-8-10-18(23-3)15(2)14-16/h4,8-11,14H,1,5-7,12-13H2,2-3H3. The lowest BCUT2D eigenvalue weighted by molar-refractivity contribution is 0.411. The maximum Gasteiger partial charge on any atom is 0.121 e. The molecule has 0 bridgehead atoms. The number of hydrogen-bond donors (Lipinski definition) is 0. The number of fused-ring (bicyclic) bond motifs is 1. The molecule has 4 heteroatoms. The average Bonchev–Trinajstić information content (AvgIpc) is 2.90. The molecule has 2 heterocycles. The number of hydrogen-bond acceptors (Lipinski definition) is 4. The summed E-state index contributed by atoms with van der Waals surface area (Å²) in [4.78, 5) is 7.25. The highest BCUT2D eigenvalue weighted by molar-refractivity contribution is 7.16. The molecule has 126 valence electrons. The number of aryl methyl sites for hydroxylation is 2. The van der Waals surface area contributed by atoms with Crippen LogP contribution < -0.4 is 9.64 Å². The van der Waals surface area contributed by atoms with Crippen LogP contribution >= 0.6 is 11.3 Å². The van der Waals surface area contributed by atoms with Crippen LogP contribution in [-0.4, -0.2) is 25.2 Å². The first-order valence-electron chi connectivity index (χ1n) is 8.39. The van der Waals surface area contributed by atoms with Gasteiger partial charge in [-0.15, -0.1) is 6.58 Å². The predicted molar refractivity (Wildman–Crippen MR) is 104 cm³/mol. The lowest BCUT2D eigenvalue weighted by Gasteiger charge is -2.19. The minimum atomic E-state index is 0.899. The highest BCUT2D eigenvalue weighted by Crippen LogP contribution is 2.33. The van der Waals surface area contributed by atoms with Crippen LogP contribution in [0.3, 0.4) is 0 Å². The summed E-state index contributed by atoms with van der Waals surface area (Å²) < 4.78 is 5.32. The van der Waals surface area contributed by atoms with Crippen LogP contribution in [0.2, 0.25) is 0 Å². The molecule has 1 aliphatic rings. The first-order valence-corrected chi connectivity index (χ1v) is 9.21. The number of nitrogens with zero attached hydrogens (tertiary/aromatic N) is 2. The van der Waals surface area contributed by atoms with Gasteiger partial charge in [0.15, 0.2) is 0 Å². The van der Waals surface area contributed by atoms with E-state index in [1.54, 1.807) is 18.4 Å². The van der Waals surface area contributed by atoms with Crippen LogP contribution in [0, 0.1) is 6.92 Å². The minimum absolute atomic E-state index is 0.899. The van der Waals surface area contributed by atoms with Gasteiger partial charge < -0.3 is 9.64 Å². The van der Waals surface area contributed by atoms with Gasteiger partial charge in [-0.2, -0.15) is 0 Å². The summed E-state index contributed by atoms with van der Waals surface area (Å²) in [6, 6.07) is 6.22. The normalized spacial score (nSPS) is 14.5. The molecule has 0 N–H and O–H groups in total.